The first-order valence-corrected chi connectivity index (χ1v) is 5.95. The third-order valence-corrected chi connectivity index (χ3v) is 3.10. The van der Waals surface area contributed by atoms with Crippen molar-refractivity contribution in [2.24, 2.45) is 10.7 Å². The molecule has 0 radical (unpaired) electrons. The average Bonchev–Trinajstić information content (AvgIpc) is 2.76. The fourth-order valence-electron chi connectivity index (χ4n) is 2.14. The minimum Gasteiger partial charge on any atom is -0.396 e. The molecule has 0 fully saturated rings. The molecule has 0 saturated heterocycles. The quantitative estimate of drug-likeness (QED) is 0.807. The topological polar surface area (TPSA) is 61.8 Å². The number of nitrogens with two attached hydrogens (primary N) is 1. The summed E-state index contributed by atoms with van der Waals surface area (Å²) in [5.41, 5.74) is 8.24. The van der Waals surface area contributed by atoms with Gasteiger partial charge in [0.2, 0.25) is 0 Å². The molecule has 92 valence electrons. The summed E-state index contributed by atoms with van der Waals surface area (Å²) in [4.78, 5) is 6.66. The minimum atomic E-state index is -0.132. The van der Waals surface area contributed by atoms with E-state index in [0.717, 1.165) is 30.1 Å². The van der Waals surface area contributed by atoms with Crippen LogP contribution in [0.5, 0.6) is 0 Å². The summed E-state index contributed by atoms with van der Waals surface area (Å²) < 4.78 is 0. The van der Waals surface area contributed by atoms with Crippen molar-refractivity contribution in [2.45, 2.75) is 12.5 Å². The summed E-state index contributed by atoms with van der Waals surface area (Å²) in [7, 11) is 2.04. The van der Waals surface area contributed by atoms with Gasteiger partial charge in [0.15, 0.2) is 0 Å². The molecule has 0 amide bonds. The molecule has 0 saturated carbocycles. The second-order valence-corrected chi connectivity index (χ2v) is 4.33. The van der Waals surface area contributed by atoms with Gasteiger partial charge in [0, 0.05) is 31.8 Å². The zero-order valence-corrected chi connectivity index (χ0v) is 10.1. The van der Waals surface area contributed by atoms with Crippen LogP contribution in [0, 0.1) is 0 Å². The van der Waals surface area contributed by atoms with Crippen LogP contribution in [0.1, 0.15) is 23.6 Å². The van der Waals surface area contributed by atoms with Crippen LogP contribution in [0.25, 0.3) is 0 Å². The second-order valence-electron chi connectivity index (χ2n) is 4.33. The van der Waals surface area contributed by atoms with Crippen LogP contribution in [-0.2, 0) is 0 Å². The molecule has 0 spiro atoms. The van der Waals surface area contributed by atoms with Crippen LogP contribution in [0.3, 0.4) is 0 Å². The van der Waals surface area contributed by atoms with Gasteiger partial charge < -0.3 is 15.7 Å². The Balaban J connectivity index is 2.33. The predicted molar refractivity (Wildman–Crippen MR) is 69.1 cm³/mol. The van der Waals surface area contributed by atoms with E-state index in [9.17, 15) is 0 Å². The van der Waals surface area contributed by atoms with Crippen LogP contribution in [-0.4, -0.2) is 42.6 Å². The summed E-state index contributed by atoms with van der Waals surface area (Å²) in [6, 6.07) is 7.91. The first-order valence-electron chi connectivity index (χ1n) is 5.95. The Bertz CT molecular complexity index is 417. The summed E-state index contributed by atoms with van der Waals surface area (Å²) in [5.74, 6) is 1.01. The van der Waals surface area contributed by atoms with Gasteiger partial charge >= 0.3 is 0 Å². The summed E-state index contributed by atoms with van der Waals surface area (Å²) in [6.45, 7) is 1.91. The van der Waals surface area contributed by atoms with Crippen molar-refractivity contribution in [1.29, 1.82) is 0 Å². The molecule has 0 aromatic heterocycles. The third-order valence-electron chi connectivity index (χ3n) is 3.10. The number of amidine groups is 1. The van der Waals surface area contributed by atoms with E-state index in [-0.39, 0.29) is 12.6 Å². The van der Waals surface area contributed by atoms with E-state index >= 15 is 0 Å². The number of rotatable bonds is 4. The van der Waals surface area contributed by atoms with Crippen LogP contribution in [0.2, 0.25) is 0 Å². The van der Waals surface area contributed by atoms with Gasteiger partial charge in [0.25, 0.3) is 0 Å². The van der Waals surface area contributed by atoms with Gasteiger partial charge in [-0.15, -0.1) is 0 Å². The first kappa shape index (κ1) is 12.1. The number of aliphatic hydroxyl groups excluding tert-OH is 1. The zero-order valence-electron chi connectivity index (χ0n) is 10.1. The van der Waals surface area contributed by atoms with Gasteiger partial charge in [-0.3, -0.25) is 4.99 Å². The molecule has 1 aromatic carbocycles. The molecule has 1 heterocycles. The number of aliphatic imine (C=N–C) groups is 1. The second kappa shape index (κ2) is 5.29. The van der Waals surface area contributed by atoms with Crippen LogP contribution in [0.15, 0.2) is 29.3 Å². The zero-order chi connectivity index (χ0) is 12.3. The molecule has 2 rings (SSSR count). The Kier molecular flexibility index (Phi) is 3.76. The van der Waals surface area contributed by atoms with Gasteiger partial charge in [-0.2, -0.15) is 0 Å². The maximum absolute atomic E-state index is 8.99. The Hall–Kier alpha value is -1.39. The lowest BCUT2D eigenvalue weighted by molar-refractivity contribution is 0.276. The highest BCUT2D eigenvalue weighted by Gasteiger charge is 2.19. The van der Waals surface area contributed by atoms with E-state index in [1.54, 1.807) is 0 Å². The smallest absolute Gasteiger partial charge is 0.131 e. The van der Waals surface area contributed by atoms with Crippen molar-refractivity contribution < 1.29 is 5.11 Å². The fourth-order valence-corrected chi connectivity index (χ4v) is 2.14. The molecule has 4 heteroatoms. The monoisotopic (exact) mass is 233 g/mol. The van der Waals surface area contributed by atoms with Gasteiger partial charge in [-0.1, -0.05) is 24.3 Å². The first-order chi connectivity index (χ1) is 8.24. The predicted octanol–water partition coefficient (Wildman–Crippen LogP) is 0.761. The van der Waals surface area contributed by atoms with Crippen molar-refractivity contribution in [2.75, 3.05) is 26.7 Å². The summed E-state index contributed by atoms with van der Waals surface area (Å²) >= 11 is 0. The fraction of sp³-hybridized carbons (Fsp3) is 0.462. The van der Waals surface area contributed by atoms with Crippen molar-refractivity contribution in [3.8, 4) is 0 Å². The van der Waals surface area contributed by atoms with E-state index in [4.69, 9.17) is 10.8 Å². The highest BCUT2D eigenvalue weighted by molar-refractivity contribution is 6.01. The molecular formula is C13H19N3O. The minimum absolute atomic E-state index is 0.109. The lowest BCUT2D eigenvalue weighted by Crippen LogP contribution is -2.26. The Morgan fingerprint density at radius 2 is 2.24 bits per heavy atom. The highest BCUT2D eigenvalue weighted by Crippen LogP contribution is 2.21. The summed E-state index contributed by atoms with van der Waals surface area (Å²) in [5, 5.41) is 8.99. The normalized spacial score (nSPS) is 17.1. The Morgan fingerprint density at radius 3 is 2.88 bits per heavy atom. The SMILES string of the molecule is CN1CCN=C1c1ccccc1C(N)CCO. The number of benzene rings is 1. The molecule has 1 aromatic rings. The van der Waals surface area contributed by atoms with Crippen molar-refractivity contribution >= 4 is 5.84 Å². The highest BCUT2D eigenvalue weighted by atomic mass is 16.3. The van der Waals surface area contributed by atoms with Crippen molar-refractivity contribution in [3.05, 3.63) is 35.4 Å². The van der Waals surface area contributed by atoms with E-state index in [1.165, 1.54) is 0 Å². The van der Waals surface area contributed by atoms with Gasteiger partial charge in [0.05, 0.1) is 6.54 Å². The number of likely N-dealkylation sites (N-methyl/N-ethyl adjacent to an activating group) is 1. The van der Waals surface area contributed by atoms with E-state index in [2.05, 4.69) is 9.89 Å². The van der Waals surface area contributed by atoms with Crippen LogP contribution in [0.4, 0.5) is 0 Å². The van der Waals surface area contributed by atoms with Gasteiger partial charge in [-0.25, -0.2) is 0 Å². The molecule has 0 aliphatic carbocycles. The number of aliphatic hydroxyl groups is 1. The standard InChI is InChI=1S/C13H19N3O/c1-16-8-7-15-13(16)11-5-3-2-4-10(11)12(14)6-9-17/h2-5,12,17H,6-9,14H2,1H3. The molecule has 17 heavy (non-hydrogen) atoms. The third kappa shape index (κ3) is 2.48. The lowest BCUT2D eigenvalue weighted by Gasteiger charge is -2.20. The molecule has 4 nitrogen and oxygen atoms in total. The largest absolute Gasteiger partial charge is 0.396 e. The molecule has 0 bridgehead atoms. The molecule has 1 unspecified atom stereocenters. The maximum Gasteiger partial charge on any atom is 0.131 e. The summed E-state index contributed by atoms with van der Waals surface area (Å²) in [6.07, 6.45) is 0.577. The van der Waals surface area contributed by atoms with E-state index in [1.807, 2.05) is 31.3 Å². The number of hydrogen-bond acceptors (Lipinski definition) is 4. The van der Waals surface area contributed by atoms with E-state index in [0.29, 0.717) is 6.42 Å². The average molecular weight is 233 g/mol. The van der Waals surface area contributed by atoms with E-state index < -0.39 is 0 Å². The lowest BCUT2D eigenvalue weighted by atomic mass is 9.98. The van der Waals surface area contributed by atoms with Crippen LogP contribution >= 0.6 is 0 Å². The Morgan fingerprint density at radius 1 is 1.47 bits per heavy atom. The molecule has 1 aliphatic heterocycles. The molecule has 3 N–H and O–H groups in total. The van der Waals surface area contributed by atoms with Crippen LogP contribution < -0.4 is 5.73 Å². The molecule has 1 atom stereocenters. The Labute approximate surface area is 102 Å². The number of hydrogen-bond donors (Lipinski definition) is 2. The van der Waals surface area contributed by atoms with Gasteiger partial charge in [-0.05, 0) is 12.0 Å². The van der Waals surface area contributed by atoms with Crippen molar-refractivity contribution in [1.82, 2.24) is 4.90 Å². The molecular weight excluding hydrogens is 214 g/mol. The van der Waals surface area contributed by atoms with Gasteiger partial charge in [0.1, 0.15) is 5.84 Å². The maximum atomic E-state index is 8.99. The molecule has 1 aliphatic rings. The number of nitrogens with zero attached hydrogens (tertiary/aromatic N) is 2. The van der Waals surface area contributed by atoms with Crippen molar-refractivity contribution in [3.63, 3.8) is 0 Å².